The fourth-order valence-corrected chi connectivity index (χ4v) is 5.61. The average Bonchev–Trinajstić information content (AvgIpc) is 2.65. The van der Waals surface area contributed by atoms with Gasteiger partial charge in [0.05, 0.1) is 0 Å². The highest BCUT2D eigenvalue weighted by molar-refractivity contribution is 7.80. The molecule has 6 heteroatoms. The van der Waals surface area contributed by atoms with Crippen molar-refractivity contribution >= 4 is 46.0 Å². The smallest absolute Gasteiger partial charge is 0.170 e. The zero-order valence-electron chi connectivity index (χ0n) is 19.8. The topological polar surface area (TPSA) is 48.1 Å². The van der Waals surface area contributed by atoms with E-state index in [1.165, 1.54) is 11.1 Å². The molecule has 2 aromatic rings. The monoisotopic (exact) mass is 468 g/mol. The molecular formula is C26H36N4S2. The van der Waals surface area contributed by atoms with E-state index in [4.69, 9.17) is 24.4 Å². The molecule has 4 nitrogen and oxygen atoms in total. The Balaban J connectivity index is 1.57. The molecule has 32 heavy (non-hydrogen) atoms. The van der Waals surface area contributed by atoms with Gasteiger partial charge in [0, 0.05) is 24.0 Å². The summed E-state index contributed by atoms with van der Waals surface area (Å²) in [5, 5.41) is 15.0. The molecule has 3 rings (SSSR count). The predicted octanol–water partition coefficient (Wildman–Crippen LogP) is 6.16. The zero-order chi connectivity index (χ0) is 23.4. The highest BCUT2D eigenvalue weighted by Crippen LogP contribution is 2.45. The normalized spacial score (nSPS) is 22.0. The second kappa shape index (κ2) is 10.2. The molecule has 0 radical (unpaired) electrons. The Kier molecular flexibility index (Phi) is 7.78. The predicted molar refractivity (Wildman–Crippen MR) is 145 cm³/mol. The first-order chi connectivity index (χ1) is 15.0. The standard InChI is InChI=1S/C26H36N4S2/c1-18-8-6-10-20(12-18)28-23(31)27-17-26(5)15-22(14-25(3,4)16-26)30-24(32)29-21-11-7-9-19(2)13-21/h6-13,22H,14-17H2,1-5H3,(H2,27,28,31)(H2,29,30,32)/t22-,26-/m1/s1. The molecule has 0 spiro atoms. The van der Waals surface area contributed by atoms with Crippen LogP contribution in [0.15, 0.2) is 48.5 Å². The van der Waals surface area contributed by atoms with Crippen LogP contribution in [0.4, 0.5) is 11.4 Å². The zero-order valence-corrected chi connectivity index (χ0v) is 21.5. The Morgan fingerprint density at radius 2 is 1.44 bits per heavy atom. The molecule has 1 aliphatic rings. The largest absolute Gasteiger partial charge is 0.362 e. The van der Waals surface area contributed by atoms with Gasteiger partial charge in [0.1, 0.15) is 0 Å². The molecule has 0 unspecified atom stereocenters. The molecular weight excluding hydrogens is 432 g/mol. The molecule has 0 saturated heterocycles. The van der Waals surface area contributed by atoms with Crippen LogP contribution in [0, 0.1) is 24.7 Å². The minimum Gasteiger partial charge on any atom is -0.362 e. The summed E-state index contributed by atoms with van der Waals surface area (Å²) in [4.78, 5) is 0. The summed E-state index contributed by atoms with van der Waals surface area (Å²) >= 11 is 11.2. The van der Waals surface area contributed by atoms with Crippen molar-refractivity contribution in [3.05, 3.63) is 59.7 Å². The maximum atomic E-state index is 5.63. The number of hydrogen-bond donors (Lipinski definition) is 4. The first kappa shape index (κ1) is 24.5. The highest BCUT2D eigenvalue weighted by atomic mass is 32.1. The van der Waals surface area contributed by atoms with E-state index in [2.05, 4.69) is 80.2 Å². The van der Waals surface area contributed by atoms with Crippen LogP contribution in [0.5, 0.6) is 0 Å². The Labute approximate surface area is 204 Å². The van der Waals surface area contributed by atoms with E-state index in [9.17, 15) is 0 Å². The maximum Gasteiger partial charge on any atom is 0.170 e. The van der Waals surface area contributed by atoms with Crippen LogP contribution in [0.25, 0.3) is 0 Å². The van der Waals surface area contributed by atoms with Crippen LogP contribution in [0.2, 0.25) is 0 Å². The van der Waals surface area contributed by atoms with Gasteiger partial charge in [0.15, 0.2) is 10.2 Å². The molecule has 0 heterocycles. The summed E-state index contributed by atoms with van der Waals surface area (Å²) in [6, 6.07) is 16.8. The Morgan fingerprint density at radius 3 is 2.00 bits per heavy atom. The minimum absolute atomic E-state index is 0.108. The summed E-state index contributed by atoms with van der Waals surface area (Å²) in [5.74, 6) is 0. The van der Waals surface area contributed by atoms with Gasteiger partial charge in [0.25, 0.3) is 0 Å². The maximum absolute atomic E-state index is 5.63. The molecule has 0 amide bonds. The van der Waals surface area contributed by atoms with Gasteiger partial charge in [0.2, 0.25) is 0 Å². The molecule has 2 atom stereocenters. The summed E-state index contributed by atoms with van der Waals surface area (Å²) < 4.78 is 0. The summed E-state index contributed by atoms with van der Waals surface area (Å²) in [6.07, 6.45) is 3.26. The first-order valence-electron chi connectivity index (χ1n) is 11.3. The number of hydrogen-bond acceptors (Lipinski definition) is 2. The molecule has 2 aromatic carbocycles. The van der Waals surface area contributed by atoms with E-state index in [-0.39, 0.29) is 10.8 Å². The summed E-state index contributed by atoms with van der Waals surface area (Å²) in [7, 11) is 0. The van der Waals surface area contributed by atoms with Gasteiger partial charge in [-0.2, -0.15) is 0 Å². The van der Waals surface area contributed by atoms with Crippen LogP contribution >= 0.6 is 24.4 Å². The van der Waals surface area contributed by atoms with Gasteiger partial charge in [-0.3, -0.25) is 0 Å². The highest BCUT2D eigenvalue weighted by Gasteiger charge is 2.41. The molecule has 0 aliphatic heterocycles. The van der Waals surface area contributed by atoms with Gasteiger partial charge in [-0.25, -0.2) is 0 Å². The average molecular weight is 469 g/mol. The number of benzene rings is 2. The minimum atomic E-state index is 0.108. The van der Waals surface area contributed by atoms with Crippen LogP contribution < -0.4 is 21.3 Å². The number of anilines is 2. The van der Waals surface area contributed by atoms with Gasteiger partial charge < -0.3 is 21.3 Å². The lowest BCUT2D eigenvalue weighted by atomic mass is 9.62. The SMILES string of the molecule is Cc1cccc(NC(=S)NC[C@]2(C)C[C@H](NC(=S)Nc3cccc(C)c3)CC(C)(C)C2)c1. The van der Waals surface area contributed by atoms with Crippen molar-refractivity contribution in [1.29, 1.82) is 0 Å². The lowest BCUT2D eigenvalue weighted by Gasteiger charge is -2.47. The van der Waals surface area contributed by atoms with Crippen LogP contribution in [0.1, 0.15) is 51.2 Å². The van der Waals surface area contributed by atoms with Crippen molar-refractivity contribution < 1.29 is 0 Å². The quantitative estimate of drug-likeness (QED) is 0.394. The number of thiocarbonyl (C=S) groups is 2. The van der Waals surface area contributed by atoms with E-state index >= 15 is 0 Å². The van der Waals surface area contributed by atoms with E-state index in [1.54, 1.807) is 0 Å². The van der Waals surface area contributed by atoms with Crippen molar-refractivity contribution in [2.24, 2.45) is 10.8 Å². The molecule has 4 N–H and O–H groups in total. The fourth-order valence-electron chi connectivity index (χ4n) is 5.14. The van der Waals surface area contributed by atoms with E-state index < -0.39 is 0 Å². The number of nitrogens with one attached hydrogen (secondary N) is 4. The molecule has 1 fully saturated rings. The van der Waals surface area contributed by atoms with Gasteiger partial charge in [-0.05, 0) is 104 Å². The third-order valence-corrected chi connectivity index (χ3v) is 6.47. The molecule has 0 aromatic heterocycles. The second-order valence-corrected chi connectivity index (χ2v) is 11.2. The summed E-state index contributed by atoms with van der Waals surface area (Å²) in [5.41, 5.74) is 4.79. The van der Waals surface area contributed by atoms with Crippen molar-refractivity contribution in [2.45, 2.75) is 59.9 Å². The van der Waals surface area contributed by atoms with Gasteiger partial charge in [-0.1, -0.05) is 45.0 Å². The first-order valence-corrected chi connectivity index (χ1v) is 12.1. The molecule has 1 saturated carbocycles. The number of aryl methyl sites for hydroxylation is 2. The van der Waals surface area contributed by atoms with Crippen LogP contribution in [0.3, 0.4) is 0 Å². The molecule has 0 bridgehead atoms. The van der Waals surface area contributed by atoms with Crippen LogP contribution in [-0.4, -0.2) is 22.8 Å². The third kappa shape index (κ3) is 7.45. The van der Waals surface area contributed by atoms with Crippen molar-refractivity contribution in [3.8, 4) is 0 Å². The Bertz CT molecular complexity index is 972. The lowest BCUT2D eigenvalue weighted by molar-refractivity contribution is 0.0807. The summed E-state index contributed by atoms with van der Waals surface area (Å²) in [6.45, 7) is 12.0. The molecule has 172 valence electrons. The third-order valence-electron chi connectivity index (χ3n) is 6.01. The van der Waals surface area contributed by atoms with Crippen molar-refractivity contribution in [1.82, 2.24) is 10.6 Å². The van der Waals surface area contributed by atoms with Crippen molar-refractivity contribution in [2.75, 3.05) is 17.2 Å². The van der Waals surface area contributed by atoms with Gasteiger partial charge in [-0.15, -0.1) is 0 Å². The fraction of sp³-hybridized carbons (Fsp3) is 0.462. The molecule has 1 aliphatic carbocycles. The Hall–Kier alpha value is -2.18. The van der Waals surface area contributed by atoms with E-state index in [1.807, 2.05) is 24.3 Å². The van der Waals surface area contributed by atoms with Gasteiger partial charge >= 0.3 is 0 Å². The lowest BCUT2D eigenvalue weighted by Crippen LogP contribution is -2.51. The van der Waals surface area contributed by atoms with Crippen LogP contribution in [-0.2, 0) is 0 Å². The second-order valence-electron chi connectivity index (χ2n) is 10.4. The van der Waals surface area contributed by atoms with E-state index in [0.29, 0.717) is 16.3 Å². The van der Waals surface area contributed by atoms with E-state index in [0.717, 1.165) is 37.2 Å². The Morgan fingerprint density at radius 1 is 0.875 bits per heavy atom. The van der Waals surface area contributed by atoms with Crippen molar-refractivity contribution in [3.63, 3.8) is 0 Å². The number of rotatable bonds is 5.